The fourth-order valence-corrected chi connectivity index (χ4v) is 2.09. The molecule has 2 amide bonds. The number of amides is 2. The van der Waals surface area contributed by atoms with Gasteiger partial charge in [0.05, 0.1) is 7.11 Å². The molecule has 21 heavy (non-hydrogen) atoms. The summed E-state index contributed by atoms with van der Waals surface area (Å²) in [5.41, 5.74) is 1.52. The van der Waals surface area contributed by atoms with Crippen molar-refractivity contribution < 1.29 is 19.4 Å². The molecule has 1 aliphatic rings. The van der Waals surface area contributed by atoms with Crippen LogP contribution < -0.4 is 10.1 Å². The molecule has 0 saturated heterocycles. The maximum atomic E-state index is 12.2. The zero-order valence-electron chi connectivity index (χ0n) is 12.3. The van der Waals surface area contributed by atoms with Crippen molar-refractivity contribution in [3.63, 3.8) is 0 Å². The van der Waals surface area contributed by atoms with Gasteiger partial charge in [0, 0.05) is 12.2 Å². The van der Waals surface area contributed by atoms with Crippen LogP contribution in [0.2, 0.25) is 0 Å². The van der Waals surface area contributed by atoms with Crippen LogP contribution in [0.3, 0.4) is 0 Å². The Labute approximate surface area is 123 Å². The number of carboxylic acid groups (broad SMARTS) is 1. The number of aliphatic carboxylic acids is 1. The number of hydrogen-bond acceptors (Lipinski definition) is 3. The van der Waals surface area contributed by atoms with Crippen molar-refractivity contribution >= 4 is 17.7 Å². The highest BCUT2D eigenvalue weighted by Crippen LogP contribution is 2.30. The third-order valence-corrected chi connectivity index (χ3v) is 3.46. The molecule has 0 bridgehead atoms. The van der Waals surface area contributed by atoms with Gasteiger partial charge in [0.15, 0.2) is 0 Å². The van der Waals surface area contributed by atoms with E-state index in [1.54, 1.807) is 19.2 Å². The summed E-state index contributed by atoms with van der Waals surface area (Å²) in [6.45, 7) is 2.07. The average molecular weight is 292 g/mol. The Bertz CT molecular complexity index is 540. The van der Waals surface area contributed by atoms with Crippen LogP contribution in [0.25, 0.3) is 0 Å². The number of nitrogens with zero attached hydrogens (tertiary/aromatic N) is 1. The monoisotopic (exact) mass is 292 g/mol. The van der Waals surface area contributed by atoms with Gasteiger partial charge in [0.1, 0.15) is 12.3 Å². The van der Waals surface area contributed by atoms with Crippen molar-refractivity contribution in [2.45, 2.75) is 19.8 Å². The van der Waals surface area contributed by atoms with Gasteiger partial charge in [-0.15, -0.1) is 0 Å². The standard InChI is InChI=1S/C15H20N2O4/c1-10-7-12(21-2)5-6-13(10)16-15(20)17(9-14(18)19)8-11-3-4-11/h5-7,11H,3-4,8-9H2,1-2H3,(H,16,20)(H,18,19). The van der Waals surface area contributed by atoms with E-state index in [-0.39, 0.29) is 12.6 Å². The second-order valence-corrected chi connectivity index (χ2v) is 5.33. The lowest BCUT2D eigenvalue weighted by Crippen LogP contribution is -2.40. The highest BCUT2D eigenvalue weighted by molar-refractivity contribution is 5.92. The molecule has 2 N–H and O–H groups in total. The number of ether oxygens (including phenoxy) is 1. The molecule has 1 aliphatic carbocycles. The predicted molar refractivity (Wildman–Crippen MR) is 78.7 cm³/mol. The Morgan fingerprint density at radius 3 is 2.67 bits per heavy atom. The van der Waals surface area contributed by atoms with Gasteiger partial charge in [-0.05, 0) is 49.4 Å². The summed E-state index contributed by atoms with van der Waals surface area (Å²) in [7, 11) is 1.58. The number of carbonyl (C=O) groups excluding carboxylic acids is 1. The van der Waals surface area contributed by atoms with E-state index in [4.69, 9.17) is 9.84 Å². The van der Waals surface area contributed by atoms with Gasteiger partial charge >= 0.3 is 12.0 Å². The topological polar surface area (TPSA) is 78.9 Å². The number of carboxylic acids is 1. The molecular formula is C15H20N2O4. The van der Waals surface area contributed by atoms with E-state index in [0.717, 1.165) is 18.4 Å². The van der Waals surface area contributed by atoms with Crippen LogP contribution in [0.1, 0.15) is 18.4 Å². The molecular weight excluding hydrogens is 272 g/mol. The summed E-state index contributed by atoms with van der Waals surface area (Å²) in [6, 6.07) is 4.95. The summed E-state index contributed by atoms with van der Waals surface area (Å²) in [5.74, 6) is 0.148. The SMILES string of the molecule is COc1ccc(NC(=O)N(CC(=O)O)CC2CC2)c(C)c1. The highest BCUT2D eigenvalue weighted by Gasteiger charge is 2.28. The number of rotatable bonds is 6. The Morgan fingerprint density at radius 2 is 2.14 bits per heavy atom. The Hall–Kier alpha value is -2.24. The third kappa shape index (κ3) is 4.37. The molecule has 6 nitrogen and oxygen atoms in total. The zero-order chi connectivity index (χ0) is 15.4. The number of urea groups is 1. The Morgan fingerprint density at radius 1 is 1.43 bits per heavy atom. The lowest BCUT2D eigenvalue weighted by Gasteiger charge is -2.21. The van der Waals surface area contributed by atoms with Crippen LogP contribution in [0.5, 0.6) is 5.75 Å². The third-order valence-electron chi connectivity index (χ3n) is 3.46. The van der Waals surface area contributed by atoms with Crippen LogP contribution in [-0.2, 0) is 4.79 Å². The van der Waals surface area contributed by atoms with Gasteiger partial charge in [0.2, 0.25) is 0 Å². The van der Waals surface area contributed by atoms with E-state index in [1.165, 1.54) is 4.90 Å². The highest BCUT2D eigenvalue weighted by atomic mass is 16.5. The number of hydrogen-bond donors (Lipinski definition) is 2. The number of benzene rings is 1. The van der Waals surface area contributed by atoms with Gasteiger partial charge in [-0.2, -0.15) is 0 Å². The molecule has 0 radical (unpaired) electrons. The summed E-state index contributed by atoms with van der Waals surface area (Å²) >= 11 is 0. The Kier molecular flexibility index (Phi) is 4.67. The largest absolute Gasteiger partial charge is 0.497 e. The van der Waals surface area contributed by atoms with Gasteiger partial charge < -0.3 is 20.1 Å². The first-order valence-electron chi connectivity index (χ1n) is 6.92. The van der Waals surface area contributed by atoms with E-state index in [9.17, 15) is 9.59 Å². The maximum absolute atomic E-state index is 12.2. The maximum Gasteiger partial charge on any atom is 0.323 e. The van der Waals surface area contributed by atoms with Crippen LogP contribution in [-0.4, -0.2) is 42.2 Å². The first-order valence-corrected chi connectivity index (χ1v) is 6.92. The second-order valence-electron chi connectivity index (χ2n) is 5.33. The zero-order valence-corrected chi connectivity index (χ0v) is 12.3. The minimum Gasteiger partial charge on any atom is -0.497 e. The number of aryl methyl sites for hydroxylation is 1. The molecule has 0 heterocycles. The van der Waals surface area contributed by atoms with E-state index >= 15 is 0 Å². The molecule has 6 heteroatoms. The number of carbonyl (C=O) groups is 2. The first kappa shape index (κ1) is 15.2. The molecule has 0 atom stereocenters. The molecule has 114 valence electrons. The quantitative estimate of drug-likeness (QED) is 0.843. The predicted octanol–water partition coefficient (Wildman–Crippen LogP) is 2.33. The average Bonchev–Trinajstić information content (AvgIpc) is 3.23. The molecule has 1 aromatic carbocycles. The summed E-state index contributed by atoms with van der Waals surface area (Å²) in [5, 5.41) is 11.7. The molecule has 0 aromatic heterocycles. The van der Waals surface area contributed by atoms with Gasteiger partial charge in [-0.3, -0.25) is 4.79 Å². The van der Waals surface area contributed by atoms with Crippen molar-refractivity contribution in [3.8, 4) is 5.75 Å². The van der Waals surface area contributed by atoms with E-state index in [0.29, 0.717) is 23.9 Å². The van der Waals surface area contributed by atoms with Crippen LogP contribution >= 0.6 is 0 Å². The van der Waals surface area contributed by atoms with Crippen LogP contribution in [0.4, 0.5) is 10.5 Å². The second kappa shape index (κ2) is 6.47. The first-order chi connectivity index (χ1) is 9.99. The van der Waals surface area contributed by atoms with Crippen molar-refractivity contribution in [3.05, 3.63) is 23.8 Å². The minimum absolute atomic E-state index is 0.280. The van der Waals surface area contributed by atoms with Crippen molar-refractivity contribution in [1.29, 1.82) is 0 Å². The van der Waals surface area contributed by atoms with Crippen molar-refractivity contribution in [1.82, 2.24) is 4.90 Å². The van der Waals surface area contributed by atoms with Gasteiger partial charge in [-0.1, -0.05) is 0 Å². The van der Waals surface area contributed by atoms with Crippen LogP contribution in [0, 0.1) is 12.8 Å². The van der Waals surface area contributed by atoms with Crippen molar-refractivity contribution in [2.75, 3.05) is 25.5 Å². The lowest BCUT2D eigenvalue weighted by atomic mass is 10.2. The van der Waals surface area contributed by atoms with E-state index in [2.05, 4.69) is 5.32 Å². The number of methoxy groups -OCH3 is 1. The molecule has 0 unspecified atom stereocenters. The van der Waals surface area contributed by atoms with Gasteiger partial charge in [-0.25, -0.2) is 4.79 Å². The fraction of sp³-hybridized carbons (Fsp3) is 0.467. The minimum atomic E-state index is -1.00. The van der Waals surface area contributed by atoms with Gasteiger partial charge in [0.25, 0.3) is 0 Å². The molecule has 2 rings (SSSR count). The smallest absolute Gasteiger partial charge is 0.323 e. The van der Waals surface area contributed by atoms with Crippen LogP contribution in [0.15, 0.2) is 18.2 Å². The van der Waals surface area contributed by atoms with E-state index in [1.807, 2.05) is 13.0 Å². The summed E-state index contributed by atoms with van der Waals surface area (Å²) < 4.78 is 5.12. The molecule has 0 aliphatic heterocycles. The summed E-state index contributed by atoms with van der Waals surface area (Å²) in [6.07, 6.45) is 2.12. The van der Waals surface area contributed by atoms with Crippen molar-refractivity contribution in [2.24, 2.45) is 5.92 Å². The molecule has 0 spiro atoms. The Balaban J connectivity index is 2.04. The number of nitrogens with one attached hydrogen (secondary N) is 1. The molecule has 1 saturated carbocycles. The normalized spacial score (nSPS) is 13.6. The molecule has 1 fully saturated rings. The van der Waals surface area contributed by atoms with E-state index < -0.39 is 5.97 Å². The number of anilines is 1. The summed E-state index contributed by atoms with van der Waals surface area (Å²) in [4.78, 5) is 24.5. The molecule has 1 aromatic rings. The lowest BCUT2D eigenvalue weighted by molar-refractivity contribution is -0.137. The fourth-order valence-electron chi connectivity index (χ4n) is 2.09.